The minimum Gasteiger partial charge on any atom is -0.465 e. The zero-order valence-corrected chi connectivity index (χ0v) is 12.0. The van der Waals surface area contributed by atoms with E-state index in [9.17, 15) is 4.79 Å². The fourth-order valence-corrected chi connectivity index (χ4v) is 3.49. The van der Waals surface area contributed by atoms with Crippen molar-refractivity contribution in [3.05, 3.63) is 11.1 Å². The highest BCUT2D eigenvalue weighted by Gasteiger charge is 2.27. The normalized spacial score (nSPS) is 23.7. The average Bonchev–Trinajstić information content (AvgIpc) is 2.87. The molecule has 0 bridgehead atoms. The van der Waals surface area contributed by atoms with Gasteiger partial charge in [-0.25, -0.2) is 9.78 Å². The molecule has 1 aliphatic rings. The van der Waals surface area contributed by atoms with Crippen molar-refractivity contribution in [3.8, 4) is 0 Å². The highest BCUT2D eigenvalue weighted by Crippen LogP contribution is 2.32. The lowest BCUT2D eigenvalue weighted by molar-refractivity contribution is 0.0606. The van der Waals surface area contributed by atoms with E-state index in [-0.39, 0.29) is 5.97 Å². The highest BCUT2D eigenvalue weighted by molar-refractivity contribution is 7.17. The molecule has 1 heterocycles. The number of carbonyl (C=O) groups is 1. The number of thiazole rings is 1. The first kappa shape index (κ1) is 13.3. The number of hydrogen-bond donors (Lipinski definition) is 0. The maximum atomic E-state index is 11.4. The van der Waals surface area contributed by atoms with E-state index in [1.165, 1.54) is 44.1 Å². The lowest BCUT2D eigenvalue weighted by Gasteiger charge is -2.36. The van der Waals surface area contributed by atoms with Crippen molar-refractivity contribution in [1.82, 2.24) is 4.98 Å². The number of anilines is 1. The Bertz CT molecular complexity index is 419. The molecule has 0 saturated heterocycles. The predicted molar refractivity (Wildman–Crippen MR) is 73.3 cm³/mol. The topological polar surface area (TPSA) is 42.4 Å². The summed E-state index contributed by atoms with van der Waals surface area (Å²) in [5.74, 6) is 0.387. The Balaban J connectivity index is 2.10. The van der Waals surface area contributed by atoms with Gasteiger partial charge in [0.1, 0.15) is 4.88 Å². The first-order valence-corrected chi connectivity index (χ1v) is 7.22. The minimum absolute atomic E-state index is 0.302. The molecule has 18 heavy (non-hydrogen) atoms. The summed E-state index contributed by atoms with van der Waals surface area (Å²) < 4.78 is 4.71. The summed E-state index contributed by atoms with van der Waals surface area (Å²) in [6.07, 6.45) is 6.72. The Kier molecular flexibility index (Phi) is 4.22. The van der Waals surface area contributed by atoms with Gasteiger partial charge in [-0.2, -0.15) is 0 Å². The van der Waals surface area contributed by atoms with Gasteiger partial charge in [0.15, 0.2) is 5.13 Å². The molecule has 2 rings (SSSR count). The molecule has 1 saturated carbocycles. The second-order valence-electron chi connectivity index (χ2n) is 4.94. The van der Waals surface area contributed by atoms with Gasteiger partial charge in [0.05, 0.1) is 13.3 Å². The fourth-order valence-electron chi connectivity index (χ4n) is 2.64. The molecule has 1 aliphatic carbocycles. The molecule has 0 spiro atoms. The van der Waals surface area contributed by atoms with Crippen LogP contribution in [0, 0.1) is 5.92 Å². The Labute approximate surface area is 112 Å². The van der Waals surface area contributed by atoms with E-state index in [2.05, 4.69) is 23.9 Å². The monoisotopic (exact) mass is 268 g/mol. The van der Waals surface area contributed by atoms with Crippen LogP contribution in [0.15, 0.2) is 6.20 Å². The number of hydrogen-bond acceptors (Lipinski definition) is 5. The smallest absolute Gasteiger partial charge is 0.349 e. The van der Waals surface area contributed by atoms with Gasteiger partial charge in [-0.05, 0) is 18.8 Å². The number of carbonyl (C=O) groups excluding carboxylic acids is 1. The highest BCUT2D eigenvalue weighted by atomic mass is 32.1. The average molecular weight is 268 g/mol. The van der Waals surface area contributed by atoms with Crippen molar-refractivity contribution < 1.29 is 9.53 Å². The summed E-state index contributed by atoms with van der Waals surface area (Å²) in [5, 5.41) is 0.911. The SMILES string of the molecule is COC(=O)c1cnc(N(C)C2CCCCC2C)s1. The number of nitrogens with zero attached hydrogens (tertiary/aromatic N) is 2. The lowest BCUT2D eigenvalue weighted by Crippen LogP contribution is -2.38. The van der Waals surface area contributed by atoms with Crippen molar-refractivity contribution in [2.45, 2.75) is 38.6 Å². The van der Waals surface area contributed by atoms with Gasteiger partial charge in [-0.15, -0.1) is 0 Å². The minimum atomic E-state index is -0.302. The summed E-state index contributed by atoms with van der Waals surface area (Å²) in [7, 11) is 3.47. The quantitative estimate of drug-likeness (QED) is 0.790. The Morgan fingerprint density at radius 2 is 2.22 bits per heavy atom. The Morgan fingerprint density at radius 3 is 2.89 bits per heavy atom. The molecule has 5 heteroatoms. The maximum Gasteiger partial charge on any atom is 0.349 e. The van der Waals surface area contributed by atoms with Gasteiger partial charge in [0, 0.05) is 13.1 Å². The van der Waals surface area contributed by atoms with Crippen molar-refractivity contribution >= 4 is 22.4 Å². The second kappa shape index (κ2) is 5.69. The third-order valence-corrected chi connectivity index (χ3v) is 4.81. The van der Waals surface area contributed by atoms with Crippen LogP contribution in [0.3, 0.4) is 0 Å². The largest absolute Gasteiger partial charge is 0.465 e. The first-order valence-electron chi connectivity index (χ1n) is 6.40. The van der Waals surface area contributed by atoms with Crippen LogP contribution in [0.1, 0.15) is 42.3 Å². The van der Waals surface area contributed by atoms with Gasteiger partial charge in [-0.1, -0.05) is 31.1 Å². The zero-order chi connectivity index (χ0) is 13.1. The third-order valence-electron chi connectivity index (χ3n) is 3.75. The fraction of sp³-hybridized carbons (Fsp3) is 0.692. The number of esters is 1. The van der Waals surface area contributed by atoms with Crippen LogP contribution in [-0.2, 0) is 4.74 Å². The number of rotatable bonds is 3. The first-order chi connectivity index (χ1) is 8.63. The Morgan fingerprint density at radius 1 is 1.50 bits per heavy atom. The number of aromatic nitrogens is 1. The van der Waals surface area contributed by atoms with Gasteiger partial charge < -0.3 is 9.64 Å². The molecular weight excluding hydrogens is 248 g/mol. The predicted octanol–water partition coefficient (Wildman–Crippen LogP) is 2.94. The molecular formula is C13H20N2O2S. The van der Waals surface area contributed by atoms with Crippen molar-refractivity contribution in [3.63, 3.8) is 0 Å². The van der Waals surface area contributed by atoms with Crippen molar-refractivity contribution in [2.75, 3.05) is 19.1 Å². The third kappa shape index (κ3) is 2.66. The molecule has 0 radical (unpaired) electrons. The summed E-state index contributed by atoms with van der Waals surface area (Å²) >= 11 is 1.41. The molecule has 1 aromatic heterocycles. The molecule has 1 fully saturated rings. The van der Waals surface area contributed by atoms with Gasteiger partial charge in [-0.3, -0.25) is 0 Å². The molecule has 0 amide bonds. The van der Waals surface area contributed by atoms with E-state index in [0.29, 0.717) is 16.8 Å². The van der Waals surface area contributed by atoms with Gasteiger partial charge in [0.2, 0.25) is 0 Å². The molecule has 100 valence electrons. The van der Waals surface area contributed by atoms with Crippen molar-refractivity contribution in [2.24, 2.45) is 5.92 Å². The molecule has 0 N–H and O–H groups in total. The molecule has 0 aromatic carbocycles. The van der Waals surface area contributed by atoms with Crippen LogP contribution in [0.5, 0.6) is 0 Å². The lowest BCUT2D eigenvalue weighted by atomic mass is 9.85. The number of methoxy groups -OCH3 is 1. The van der Waals surface area contributed by atoms with Crippen LogP contribution in [0.2, 0.25) is 0 Å². The van der Waals surface area contributed by atoms with Crippen LogP contribution in [0.4, 0.5) is 5.13 Å². The van der Waals surface area contributed by atoms with Crippen LogP contribution >= 0.6 is 11.3 Å². The molecule has 2 atom stereocenters. The van der Waals surface area contributed by atoms with E-state index >= 15 is 0 Å². The van der Waals surface area contributed by atoms with Gasteiger partial charge >= 0.3 is 5.97 Å². The molecule has 1 aromatic rings. The molecule has 2 unspecified atom stereocenters. The summed E-state index contributed by atoms with van der Waals surface area (Å²) in [6, 6.07) is 0.537. The number of ether oxygens (including phenoxy) is 1. The van der Waals surface area contributed by atoms with Crippen LogP contribution in [0.25, 0.3) is 0 Å². The van der Waals surface area contributed by atoms with E-state index in [4.69, 9.17) is 4.74 Å². The molecule has 0 aliphatic heterocycles. The van der Waals surface area contributed by atoms with Gasteiger partial charge in [0.25, 0.3) is 0 Å². The summed E-state index contributed by atoms with van der Waals surface area (Å²) in [6.45, 7) is 2.30. The van der Waals surface area contributed by atoms with E-state index in [1.807, 2.05) is 0 Å². The second-order valence-corrected chi connectivity index (χ2v) is 5.95. The van der Waals surface area contributed by atoms with E-state index in [0.717, 1.165) is 5.13 Å². The summed E-state index contributed by atoms with van der Waals surface area (Å²) in [5.41, 5.74) is 0. The zero-order valence-electron chi connectivity index (χ0n) is 11.2. The Hall–Kier alpha value is -1.10. The molecule has 4 nitrogen and oxygen atoms in total. The van der Waals surface area contributed by atoms with Crippen LogP contribution < -0.4 is 4.90 Å². The van der Waals surface area contributed by atoms with Crippen LogP contribution in [-0.4, -0.2) is 31.2 Å². The standard InChI is InChI=1S/C13H20N2O2S/c1-9-6-4-5-7-10(9)15(2)13-14-8-11(18-13)12(16)17-3/h8-10H,4-7H2,1-3H3. The van der Waals surface area contributed by atoms with E-state index < -0.39 is 0 Å². The van der Waals surface area contributed by atoms with E-state index in [1.54, 1.807) is 6.20 Å². The summed E-state index contributed by atoms with van der Waals surface area (Å²) in [4.78, 5) is 18.6. The maximum absolute atomic E-state index is 11.4. The van der Waals surface area contributed by atoms with Crippen molar-refractivity contribution in [1.29, 1.82) is 0 Å².